The Hall–Kier alpha value is -2.44. The van der Waals surface area contributed by atoms with E-state index in [-0.39, 0.29) is 19.6 Å². The summed E-state index contributed by atoms with van der Waals surface area (Å²) in [6.07, 6.45) is 7.49. The van der Waals surface area contributed by atoms with Crippen LogP contribution in [0, 0.1) is 5.92 Å². The van der Waals surface area contributed by atoms with E-state index in [1.54, 1.807) is 12.1 Å². The molecule has 186 valence electrons. The molecule has 0 atom stereocenters. The highest BCUT2D eigenvalue weighted by Crippen LogP contribution is 2.30. The Morgan fingerprint density at radius 1 is 0.853 bits per heavy atom. The quantitative estimate of drug-likeness (QED) is 0.177. The van der Waals surface area contributed by atoms with Crippen LogP contribution in [0.2, 0.25) is 0 Å². The second kappa shape index (κ2) is 13.4. The lowest BCUT2D eigenvalue weighted by molar-refractivity contribution is -0.352. The topological polar surface area (TPSA) is 54.0 Å². The van der Waals surface area contributed by atoms with Crippen LogP contribution in [0.4, 0.5) is 4.39 Å². The molecule has 2 aromatic rings. The first-order valence-electron chi connectivity index (χ1n) is 12.5. The predicted octanol–water partition coefficient (Wildman–Crippen LogP) is 7.08. The number of unbranched alkanes of at least 4 members (excludes halogenated alkanes) is 5. The molecule has 3 rings (SSSR count). The van der Waals surface area contributed by atoms with Gasteiger partial charge in [-0.05, 0) is 48.2 Å². The van der Waals surface area contributed by atoms with Crippen molar-refractivity contribution in [2.45, 2.75) is 71.3 Å². The minimum atomic E-state index is -2.09. The van der Waals surface area contributed by atoms with E-state index >= 15 is 0 Å². The Morgan fingerprint density at radius 3 is 2.00 bits per heavy atom. The Kier molecular flexibility index (Phi) is 10.4. The molecule has 34 heavy (non-hydrogen) atoms. The molecule has 0 N–H and O–H groups in total. The average Bonchev–Trinajstić information content (AvgIpc) is 2.85. The highest BCUT2D eigenvalue weighted by atomic mass is 19.2. The SMILES string of the molecule is CCCCCCOc1ccc(-c2ccc(OC(=O)C3COC(F)(CCCCC)OC3)cc2)cc1. The molecule has 6 heteroatoms. The largest absolute Gasteiger partial charge is 0.494 e. The van der Waals surface area contributed by atoms with Gasteiger partial charge in [0.1, 0.15) is 17.4 Å². The fourth-order valence-electron chi connectivity index (χ4n) is 3.78. The van der Waals surface area contributed by atoms with Crippen molar-refractivity contribution in [3.05, 3.63) is 48.5 Å². The number of halogens is 1. The van der Waals surface area contributed by atoms with E-state index in [1.807, 2.05) is 43.3 Å². The number of carbonyl (C=O) groups is 1. The summed E-state index contributed by atoms with van der Waals surface area (Å²) in [6, 6.07) is 13.2. The number of ether oxygens (including phenoxy) is 4. The van der Waals surface area contributed by atoms with Gasteiger partial charge >= 0.3 is 12.0 Å². The maximum absolute atomic E-state index is 14.5. The average molecular weight is 473 g/mol. The lowest BCUT2D eigenvalue weighted by atomic mass is 10.1. The van der Waals surface area contributed by atoms with Crippen LogP contribution in [0.5, 0.6) is 11.5 Å². The van der Waals surface area contributed by atoms with Gasteiger partial charge in [-0.2, -0.15) is 4.39 Å². The summed E-state index contributed by atoms with van der Waals surface area (Å²) >= 11 is 0. The number of alkyl halides is 1. The first-order chi connectivity index (χ1) is 16.5. The van der Waals surface area contributed by atoms with Gasteiger partial charge in [-0.3, -0.25) is 4.79 Å². The van der Waals surface area contributed by atoms with E-state index in [2.05, 4.69) is 6.92 Å². The Bertz CT molecular complexity index is 857. The second-order valence-corrected chi connectivity index (χ2v) is 8.81. The van der Waals surface area contributed by atoms with E-state index in [4.69, 9.17) is 18.9 Å². The summed E-state index contributed by atoms with van der Waals surface area (Å²) < 4.78 is 36.2. The van der Waals surface area contributed by atoms with Crippen molar-refractivity contribution in [2.24, 2.45) is 5.92 Å². The molecular formula is C28H37FO5. The molecule has 0 aliphatic carbocycles. The molecule has 0 spiro atoms. The van der Waals surface area contributed by atoms with E-state index < -0.39 is 17.9 Å². The number of hydrogen-bond acceptors (Lipinski definition) is 5. The Morgan fingerprint density at radius 2 is 1.41 bits per heavy atom. The Labute approximate surface area is 202 Å². The van der Waals surface area contributed by atoms with E-state index in [1.165, 1.54) is 19.3 Å². The summed E-state index contributed by atoms with van der Waals surface area (Å²) in [6.45, 7) is 4.89. The van der Waals surface area contributed by atoms with Gasteiger partial charge in [0, 0.05) is 6.42 Å². The molecular weight excluding hydrogens is 435 g/mol. The summed E-state index contributed by atoms with van der Waals surface area (Å²) in [5.41, 5.74) is 2.06. The molecule has 1 heterocycles. The Balaban J connectivity index is 1.45. The van der Waals surface area contributed by atoms with Crippen molar-refractivity contribution in [3.63, 3.8) is 0 Å². The van der Waals surface area contributed by atoms with Crippen molar-refractivity contribution in [1.82, 2.24) is 0 Å². The number of hydrogen-bond donors (Lipinski definition) is 0. The summed E-state index contributed by atoms with van der Waals surface area (Å²) in [5, 5.41) is 0. The van der Waals surface area contributed by atoms with Crippen molar-refractivity contribution in [3.8, 4) is 22.6 Å². The van der Waals surface area contributed by atoms with Crippen LogP contribution in [-0.4, -0.2) is 31.8 Å². The molecule has 2 aromatic carbocycles. The molecule has 5 nitrogen and oxygen atoms in total. The molecule has 0 aromatic heterocycles. The number of benzene rings is 2. The first-order valence-corrected chi connectivity index (χ1v) is 12.5. The third kappa shape index (κ3) is 8.10. The fourth-order valence-corrected chi connectivity index (χ4v) is 3.78. The maximum atomic E-state index is 14.5. The van der Waals surface area contributed by atoms with E-state index in [9.17, 15) is 9.18 Å². The van der Waals surface area contributed by atoms with Gasteiger partial charge in [0.25, 0.3) is 0 Å². The highest BCUT2D eigenvalue weighted by Gasteiger charge is 2.40. The molecule has 1 saturated heterocycles. The minimum Gasteiger partial charge on any atom is -0.494 e. The van der Waals surface area contributed by atoms with Crippen LogP contribution in [0.15, 0.2) is 48.5 Å². The summed E-state index contributed by atoms with van der Waals surface area (Å²) in [4.78, 5) is 12.5. The monoisotopic (exact) mass is 472 g/mol. The van der Waals surface area contributed by atoms with Crippen LogP contribution in [0.3, 0.4) is 0 Å². The van der Waals surface area contributed by atoms with Crippen LogP contribution in [0.1, 0.15) is 65.2 Å². The van der Waals surface area contributed by atoms with Crippen molar-refractivity contribution >= 4 is 5.97 Å². The van der Waals surface area contributed by atoms with Gasteiger partial charge in [0.15, 0.2) is 0 Å². The van der Waals surface area contributed by atoms with Gasteiger partial charge in [0.2, 0.25) is 0 Å². The minimum absolute atomic E-state index is 0.0490. The van der Waals surface area contributed by atoms with Crippen molar-refractivity contribution in [2.75, 3.05) is 19.8 Å². The van der Waals surface area contributed by atoms with Crippen LogP contribution < -0.4 is 9.47 Å². The summed E-state index contributed by atoms with van der Waals surface area (Å²) in [7, 11) is 0. The van der Waals surface area contributed by atoms with Crippen LogP contribution in [0.25, 0.3) is 11.1 Å². The number of carbonyl (C=O) groups excluding carboxylic acids is 1. The lowest BCUT2D eigenvalue weighted by Crippen LogP contribution is -2.44. The zero-order chi connectivity index (χ0) is 24.2. The second-order valence-electron chi connectivity index (χ2n) is 8.81. The fraction of sp³-hybridized carbons (Fsp3) is 0.536. The standard InChI is InChI=1S/C28H37FO5/c1-3-5-7-9-19-31-25-14-10-22(11-15-25)23-12-16-26(17-13-23)34-27(30)24-20-32-28(29,33-21-24)18-8-6-4-2/h10-17,24H,3-9,18-21H2,1-2H3. The third-order valence-corrected chi connectivity index (χ3v) is 5.94. The smallest absolute Gasteiger partial charge is 0.320 e. The van der Waals surface area contributed by atoms with Gasteiger partial charge in [0.05, 0.1) is 19.8 Å². The van der Waals surface area contributed by atoms with E-state index in [0.717, 1.165) is 42.7 Å². The maximum Gasteiger partial charge on any atom is 0.320 e. The highest BCUT2D eigenvalue weighted by molar-refractivity contribution is 5.76. The number of esters is 1. The van der Waals surface area contributed by atoms with Gasteiger partial charge in [-0.15, -0.1) is 0 Å². The summed E-state index contributed by atoms with van der Waals surface area (Å²) in [5.74, 6) is 0.166. The predicted molar refractivity (Wildman–Crippen MR) is 131 cm³/mol. The van der Waals surface area contributed by atoms with E-state index in [0.29, 0.717) is 12.2 Å². The molecule has 1 fully saturated rings. The third-order valence-electron chi connectivity index (χ3n) is 5.94. The molecule has 0 bridgehead atoms. The van der Waals surface area contributed by atoms with Gasteiger partial charge < -0.3 is 18.9 Å². The first kappa shape index (κ1) is 26.2. The van der Waals surface area contributed by atoms with Gasteiger partial charge in [-0.25, -0.2) is 0 Å². The van der Waals surface area contributed by atoms with Crippen molar-refractivity contribution in [1.29, 1.82) is 0 Å². The molecule has 0 amide bonds. The van der Waals surface area contributed by atoms with Gasteiger partial charge in [-0.1, -0.05) is 70.2 Å². The lowest BCUT2D eigenvalue weighted by Gasteiger charge is -2.33. The number of rotatable bonds is 13. The molecule has 0 radical (unpaired) electrons. The zero-order valence-corrected chi connectivity index (χ0v) is 20.4. The molecule has 0 unspecified atom stereocenters. The van der Waals surface area contributed by atoms with Crippen LogP contribution >= 0.6 is 0 Å². The molecule has 1 aliphatic heterocycles. The van der Waals surface area contributed by atoms with Crippen LogP contribution in [-0.2, 0) is 14.3 Å². The normalized spacial score (nSPS) is 20.1. The zero-order valence-electron chi connectivity index (χ0n) is 20.4. The van der Waals surface area contributed by atoms with Crippen molar-refractivity contribution < 1.29 is 28.1 Å². The molecule has 0 saturated carbocycles. The molecule has 1 aliphatic rings.